The number of nitrogens with zero attached hydrogens (tertiary/aromatic N) is 5. The highest BCUT2D eigenvalue weighted by atomic mass is 16.3. The van der Waals surface area contributed by atoms with Crippen molar-refractivity contribution in [1.82, 2.24) is 15.0 Å². The zero-order chi connectivity index (χ0) is 30.1. The molecule has 11 N–H and O–H groups in total. The number of phenols is 1. The van der Waals surface area contributed by atoms with Gasteiger partial charge in [-0.2, -0.15) is 15.0 Å². The molecule has 6 rings (SSSR count). The highest BCUT2D eigenvalue weighted by molar-refractivity contribution is 6.09. The topological polar surface area (TPSA) is 211 Å². The Balaban J connectivity index is 1.22. The number of hydrogen-bond acceptors (Lipinski definition) is 12. The van der Waals surface area contributed by atoms with Gasteiger partial charge >= 0.3 is 0 Å². The molecule has 2 aliphatic rings. The maximum atomic E-state index is 13.0. The molecule has 13 heteroatoms. The molecule has 4 atom stereocenters. The fourth-order valence-corrected chi connectivity index (χ4v) is 5.85. The highest BCUT2D eigenvalue weighted by Crippen LogP contribution is 2.30. The lowest BCUT2D eigenvalue weighted by atomic mass is 10.0. The third kappa shape index (κ3) is 6.15. The van der Waals surface area contributed by atoms with E-state index in [0.717, 1.165) is 18.2 Å². The average Bonchev–Trinajstić information content (AvgIpc) is 3.38. The van der Waals surface area contributed by atoms with Gasteiger partial charge in [-0.3, -0.25) is 4.79 Å². The van der Waals surface area contributed by atoms with Crippen molar-refractivity contribution in [2.24, 2.45) is 22.9 Å². The van der Waals surface area contributed by atoms with E-state index in [1.165, 1.54) is 0 Å². The van der Waals surface area contributed by atoms with Crippen LogP contribution in [0, 0.1) is 0 Å². The fourth-order valence-electron chi connectivity index (χ4n) is 5.85. The van der Waals surface area contributed by atoms with Gasteiger partial charge in [0.1, 0.15) is 5.75 Å². The van der Waals surface area contributed by atoms with Gasteiger partial charge in [0, 0.05) is 67.1 Å². The Morgan fingerprint density at radius 1 is 0.837 bits per heavy atom. The summed E-state index contributed by atoms with van der Waals surface area (Å²) in [5.74, 6) is 0.853. The van der Waals surface area contributed by atoms with Gasteiger partial charge in [0.25, 0.3) is 5.91 Å². The Kier molecular flexibility index (Phi) is 7.95. The Hall–Kier alpha value is -4.56. The Morgan fingerprint density at radius 2 is 1.51 bits per heavy atom. The number of carbonyl (C=O) groups is 1. The number of phenolic OH excluding ortho intramolecular Hbond substituents is 1. The van der Waals surface area contributed by atoms with E-state index in [-0.39, 0.29) is 35.5 Å². The second-order valence-corrected chi connectivity index (χ2v) is 11.3. The second kappa shape index (κ2) is 12.0. The summed E-state index contributed by atoms with van der Waals surface area (Å²) in [6, 6.07) is 17.7. The van der Waals surface area contributed by atoms with Crippen LogP contribution in [0.25, 0.3) is 10.8 Å². The van der Waals surface area contributed by atoms with E-state index in [1.54, 1.807) is 36.4 Å². The maximum Gasteiger partial charge on any atom is 0.259 e. The summed E-state index contributed by atoms with van der Waals surface area (Å²) in [4.78, 5) is 31.2. The number of aromatic hydroxyl groups is 1. The summed E-state index contributed by atoms with van der Waals surface area (Å²) in [6.45, 7) is 2.18. The van der Waals surface area contributed by atoms with Crippen LogP contribution >= 0.6 is 0 Å². The normalized spacial score (nSPS) is 22.1. The number of benzene rings is 3. The van der Waals surface area contributed by atoms with Crippen LogP contribution in [0.15, 0.2) is 60.7 Å². The van der Waals surface area contributed by atoms with Gasteiger partial charge in [-0.15, -0.1) is 0 Å². The maximum absolute atomic E-state index is 13.0. The number of hydrogen-bond donors (Lipinski definition) is 7. The molecule has 0 saturated carbocycles. The number of rotatable bonds is 7. The van der Waals surface area contributed by atoms with Crippen LogP contribution in [0.1, 0.15) is 23.2 Å². The number of anilines is 5. The van der Waals surface area contributed by atoms with Crippen molar-refractivity contribution in [3.8, 4) is 5.75 Å². The van der Waals surface area contributed by atoms with Gasteiger partial charge in [-0.25, -0.2) is 0 Å². The molecule has 2 fully saturated rings. The molecule has 0 bridgehead atoms. The van der Waals surface area contributed by atoms with Gasteiger partial charge in [0.2, 0.25) is 17.8 Å². The standard InChI is InChI=1S/C30H37N11O2/c31-13-23-12-20(34)16-41(23)30-38-28(37-29(39-30)40-14-18(32)11-19(33)15-40)36-22-8-6-21(7-9-22)35-27(43)25-10-5-17-3-1-2-4-24(17)26(25)42/h1-10,18-20,23,42H,11-16,31-34H2,(H,35,43)(H,36,37,38,39)/t18-,19+,20-,23-/m0/s1. The third-order valence-corrected chi connectivity index (χ3v) is 7.93. The molecular formula is C30H37N11O2. The fraction of sp³-hybridized carbons (Fsp3) is 0.333. The molecule has 3 aromatic carbocycles. The molecule has 224 valence electrons. The van der Waals surface area contributed by atoms with Crippen molar-refractivity contribution < 1.29 is 9.90 Å². The van der Waals surface area contributed by atoms with Gasteiger partial charge in [0.15, 0.2) is 0 Å². The van der Waals surface area contributed by atoms with Crippen molar-refractivity contribution in [2.75, 3.05) is 46.6 Å². The molecule has 43 heavy (non-hydrogen) atoms. The van der Waals surface area contributed by atoms with Crippen LogP contribution in [-0.4, -0.2) is 76.3 Å². The van der Waals surface area contributed by atoms with Gasteiger partial charge in [-0.1, -0.05) is 30.3 Å². The van der Waals surface area contributed by atoms with Crippen LogP contribution in [0.2, 0.25) is 0 Å². The molecule has 0 spiro atoms. The van der Waals surface area contributed by atoms with E-state index in [2.05, 4.69) is 10.6 Å². The van der Waals surface area contributed by atoms with Crippen molar-refractivity contribution in [2.45, 2.75) is 37.0 Å². The molecule has 0 aliphatic carbocycles. The second-order valence-electron chi connectivity index (χ2n) is 11.3. The van der Waals surface area contributed by atoms with Crippen molar-refractivity contribution in [3.05, 3.63) is 66.2 Å². The molecule has 2 aliphatic heterocycles. The monoisotopic (exact) mass is 583 g/mol. The highest BCUT2D eigenvalue weighted by Gasteiger charge is 2.33. The number of nitrogens with one attached hydrogen (secondary N) is 2. The summed E-state index contributed by atoms with van der Waals surface area (Å²) in [6.07, 6.45) is 1.49. The zero-order valence-electron chi connectivity index (χ0n) is 23.7. The number of carbonyl (C=O) groups excluding carboxylic acids is 1. The average molecular weight is 584 g/mol. The summed E-state index contributed by atoms with van der Waals surface area (Å²) in [5.41, 5.74) is 26.3. The summed E-state index contributed by atoms with van der Waals surface area (Å²) < 4.78 is 0. The molecule has 0 unspecified atom stereocenters. The SMILES string of the molecule is NC[C@@H]1C[C@H](N)CN1c1nc(Nc2ccc(NC(=O)c3ccc4ccccc4c3O)cc2)nc(N2C[C@H](N)C[C@H](N)C2)n1. The first-order valence-corrected chi connectivity index (χ1v) is 14.4. The van der Waals surface area contributed by atoms with Gasteiger partial charge < -0.3 is 48.5 Å². The largest absolute Gasteiger partial charge is 0.506 e. The predicted octanol–water partition coefficient (Wildman–Crippen LogP) is 1.46. The van der Waals surface area contributed by atoms with E-state index < -0.39 is 5.91 Å². The number of amides is 1. The van der Waals surface area contributed by atoms with E-state index in [1.807, 2.05) is 34.1 Å². The number of fused-ring (bicyclic) bond motifs is 1. The number of nitrogens with two attached hydrogens (primary N) is 4. The van der Waals surface area contributed by atoms with E-state index in [9.17, 15) is 9.90 Å². The number of piperidine rings is 1. The Morgan fingerprint density at radius 3 is 2.26 bits per heavy atom. The first-order chi connectivity index (χ1) is 20.8. The smallest absolute Gasteiger partial charge is 0.259 e. The van der Waals surface area contributed by atoms with Gasteiger partial charge in [-0.05, 0) is 48.6 Å². The molecule has 13 nitrogen and oxygen atoms in total. The van der Waals surface area contributed by atoms with Crippen molar-refractivity contribution in [3.63, 3.8) is 0 Å². The first kappa shape index (κ1) is 28.6. The minimum absolute atomic E-state index is 0.0221. The lowest BCUT2D eigenvalue weighted by Crippen LogP contribution is -2.53. The van der Waals surface area contributed by atoms with Crippen LogP contribution < -0.4 is 43.4 Å². The lowest BCUT2D eigenvalue weighted by Gasteiger charge is -2.35. The van der Waals surface area contributed by atoms with E-state index in [0.29, 0.717) is 60.8 Å². The van der Waals surface area contributed by atoms with Gasteiger partial charge in [0.05, 0.1) is 5.56 Å². The third-order valence-electron chi connectivity index (χ3n) is 7.93. The molecule has 0 radical (unpaired) electrons. The summed E-state index contributed by atoms with van der Waals surface area (Å²) >= 11 is 0. The summed E-state index contributed by atoms with van der Waals surface area (Å²) in [5, 5.41) is 18.3. The summed E-state index contributed by atoms with van der Waals surface area (Å²) in [7, 11) is 0. The van der Waals surface area contributed by atoms with Crippen molar-refractivity contribution >= 4 is 45.9 Å². The predicted molar refractivity (Wildman–Crippen MR) is 169 cm³/mol. The quantitative estimate of drug-likeness (QED) is 0.165. The molecule has 3 heterocycles. The van der Waals surface area contributed by atoms with Crippen LogP contribution in [-0.2, 0) is 0 Å². The molecule has 1 amide bonds. The molecule has 2 saturated heterocycles. The van der Waals surface area contributed by atoms with E-state index in [4.69, 9.17) is 37.9 Å². The minimum atomic E-state index is -0.410. The zero-order valence-corrected chi connectivity index (χ0v) is 23.7. The van der Waals surface area contributed by atoms with Crippen LogP contribution in [0.5, 0.6) is 5.75 Å². The molecular weight excluding hydrogens is 546 g/mol. The Bertz CT molecular complexity index is 1610. The van der Waals surface area contributed by atoms with E-state index >= 15 is 0 Å². The van der Waals surface area contributed by atoms with Crippen LogP contribution in [0.4, 0.5) is 29.2 Å². The molecule has 1 aromatic heterocycles. The first-order valence-electron chi connectivity index (χ1n) is 14.4. The van der Waals surface area contributed by atoms with Crippen molar-refractivity contribution in [1.29, 1.82) is 0 Å². The molecule has 4 aromatic rings. The minimum Gasteiger partial charge on any atom is -0.506 e. The van der Waals surface area contributed by atoms with Crippen LogP contribution in [0.3, 0.4) is 0 Å². The lowest BCUT2D eigenvalue weighted by molar-refractivity contribution is 0.102. The Labute approximate surface area is 249 Å². The number of aromatic nitrogens is 3.